The van der Waals surface area contributed by atoms with Crippen molar-refractivity contribution in [1.82, 2.24) is 0 Å². The maximum atomic E-state index is 11.2. The minimum Gasteiger partial charge on any atom is -0.380 e. The molecule has 0 fully saturated rings. The third-order valence-electron chi connectivity index (χ3n) is 3.69. The Kier molecular flexibility index (Phi) is 3.13. The van der Waals surface area contributed by atoms with Crippen molar-refractivity contribution in [1.29, 1.82) is 0 Å². The lowest BCUT2D eigenvalue weighted by molar-refractivity contribution is 0.0782. The van der Waals surface area contributed by atoms with E-state index in [0.29, 0.717) is 6.42 Å². The number of hydrogen-bond acceptors (Lipinski definition) is 2. The van der Waals surface area contributed by atoms with Crippen LogP contribution in [-0.2, 0) is 5.60 Å². The maximum absolute atomic E-state index is 11.2. The van der Waals surface area contributed by atoms with Crippen molar-refractivity contribution in [3.63, 3.8) is 0 Å². The molecule has 1 aromatic heterocycles. The molecule has 1 unspecified atom stereocenters. The summed E-state index contributed by atoms with van der Waals surface area (Å²) in [5, 5.41) is 14.5. The summed E-state index contributed by atoms with van der Waals surface area (Å²) in [7, 11) is 0. The first-order chi connectivity index (χ1) is 9.25. The largest absolute Gasteiger partial charge is 0.380 e. The fourth-order valence-electron chi connectivity index (χ4n) is 2.58. The van der Waals surface area contributed by atoms with Crippen LogP contribution in [0, 0.1) is 0 Å². The highest BCUT2D eigenvalue weighted by atomic mass is 32.1. The molecule has 1 heterocycles. The zero-order valence-electron chi connectivity index (χ0n) is 10.8. The van der Waals surface area contributed by atoms with Crippen molar-refractivity contribution in [2.45, 2.75) is 18.9 Å². The summed E-state index contributed by atoms with van der Waals surface area (Å²) in [6.45, 7) is 2.03. The van der Waals surface area contributed by atoms with E-state index in [9.17, 15) is 5.11 Å². The van der Waals surface area contributed by atoms with Crippen molar-refractivity contribution in [3.8, 4) is 0 Å². The van der Waals surface area contributed by atoms with Crippen LogP contribution in [0.3, 0.4) is 0 Å². The number of hydrogen-bond donors (Lipinski definition) is 1. The maximum Gasteiger partial charge on any atom is 0.116 e. The Balaban J connectivity index is 2.25. The van der Waals surface area contributed by atoms with E-state index in [1.54, 1.807) is 11.3 Å². The molecule has 0 bridgehead atoms. The molecule has 1 N–H and O–H groups in total. The highest BCUT2D eigenvalue weighted by Crippen LogP contribution is 2.38. The first kappa shape index (κ1) is 12.4. The van der Waals surface area contributed by atoms with Crippen LogP contribution in [0.5, 0.6) is 0 Å². The van der Waals surface area contributed by atoms with Gasteiger partial charge in [0.25, 0.3) is 0 Å². The van der Waals surface area contributed by atoms with Gasteiger partial charge in [-0.1, -0.05) is 55.5 Å². The number of thiophene rings is 1. The zero-order valence-corrected chi connectivity index (χ0v) is 11.7. The van der Waals surface area contributed by atoms with Crippen molar-refractivity contribution in [2.75, 3.05) is 0 Å². The smallest absolute Gasteiger partial charge is 0.116 e. The summed E-state index contributed by atoms with van der Waals surface area (Å²) >= 11 is 1.69. The van der Waals surface area contributed by atoms with Gasteiger partial charge in [-0.05, 0) is 28.8 Å². The predicted octanol–water partition coefficient (Wildman–Crippen LogP) is 4.55. The Labute approximate surface area is 117 Å². The van der Waals surface area contributed by atoms with Crippen LogP contribution in [0.15, 0.2) is 60.0 Å². The minimum absolute atomic E-state index is 0.661. The summed E-state index contributed by atoms with van der Waals surface area (Å²) < 4.78 is 1.18. The highest BCUT2D eigenvalue weighted by Gasteiger charge is 2.31. The van der Waals surface area contributed by atoms with Crippen LogP contribution in [0.4, 0.5) is 0 Å². The summed E-state index contributed by atoms with van der Waals surface area (Å²) in [6, 6.07) is 18.2. The average Bonchev–Trinajstić information content (AvgIpc) is 2.95. The van der Waals surface area contributed by atoms with Gasteiger partial charge >= 0.3 is 0 Å². The Morgan fingerprint density at radius 1 is 1.00 bits per heavy atom. The molecule has 19 heavy (non-hydrogen) atoms. The van der Waals surface area contributed by atoms with E-state index in [4.69, 9.17) is 0 Å². The number of rotatable bonds is 3. The number of aliphatic hydroxyl groups is 1. The molecular weight excluding hydrogens is 252 g/mol. The summed E-state index contributed by atoms with van der Waals surface area (Å²) in [4.78, 5) is 0. The molecule has 0 aliphatic heterocycles. The molecule has 0 aliphatic rings. The van der Waals surface area contributed by atoms with E-state index in [1.807, 2.05) is 49.4 Å². The van der Waals surface area contributed by atoms with Gasteiger partial charge in [-0.3, -0.25) is 0 Å². The van der Waals surface area contributed by atoms with E-state index in [-0.39, 0.29) is 0 Å². The monoisotopic (exact) mass is 268 g/mol. The van der Waals surface area contributed by atoms with Crippen molar-refractivity contribution >= 4 is 21.4 Å². The summed E-state index contributed by atoms with van der Waals surface area (Å²) in [6.07, 6.45) is 0.661. The quantitative estimate of drug-likeness (QED) is 0.739. The minimum atomic E-state index is -0.911. The van der Waals surface area contributed by atoms with Crippen LogP contribution in [0.25, 0.3) is 10.1 Å². The van der Waals surface area contributed by atoms with Gasteiger partial charge in [-0.2, -0.15) is 0 Å². The SMILES string of the molecule is CCC(O)(c1ccccc1)c1cccc2ccsc12. The third-order valence-corrected chi connectivity index (χ3v) is 4.65. The second-order valence-electron chi connectivity index (χ2n) is 4.72. The topological polar surface area (TPSA) is 20.2 Å². The molecule has 0 spiro atoms. The second kappa shape index (κ2) is 4.80. The molecular formula is C17H16OS. The van der Waals surface area contributed by atoms with Crippen molar-refractivity contribution in [2.24, 2.45) is 0 Å². The van der Waals surface area contributed by atoms with Crippen LogP contribution in [0.2, 0.25) is 0 Å². The summed E-state index contributed by atoms with van der Waals surface area (Å²) in [5.41, 5.74) is 1.05. The molecule has 1 nitrogen and oxygen atoms in total. The predicted molar refractivity (Wildman–Crippen MR) is 81.6 cm³/mol. The van der Waals surface area contributed by atoms with Crippen molar-refractivity contribution < 1.29 is 5.11 Å². The lowest BCUT2D eigenvalue weighted by Gasteiger charge is -2.28. The third kappa shape index (κ3) is 1.97. The molecule has 2 heteroatoms. The van der Waals surface area contributed by atoms with Crippen LogP contribution in [0.1, 0.15) is 24.5 Å². The lowest BCUT2D eigenvalue weighted by Crippen LogP contribution is -2.26. The fraction of sp³-hybridized carbons (Fsp3) is 0.176. The van der Waals surface area contributed by atoms with E-state index in [2.05, 4.69) is 17.5 Å². The Morgan fingerprint density at radius 3 is 2.53 bits per heavy atom. The van der Waals surface area contributed by atoms with E-state index < -0.39 is 5.60 Å². The zero-order chi connectivity index (χ0) is 13.3. The van der Waals surface area contributed by atoms with Crippen LogP contribution < -0.4 is 0 Å². The molecule has 0 amide bonds. The normalized spacial score (nSPS) is 14.4. The Bertz CT molecular complexity index is 687. The van der Waals surface area contributed by atoms with Crippen LogP contribution in [-0.4, -0.2) is 5.11 Å². The molecule has 3 aromatic rings. The Hall–Kier alpha value is -1.64. The first-order valence-corrected chi connectivity index (χ1v) is 7.38. The molecule has 0 aliphatic carbocycles. The van der Waals surface area contributed by atoms with Crippen LogP contribution >= 0.6 is 11.3 Å². The number of benzene rings is 2. The molecule has 0 saturated carbocycles. The summed E-state index contributed by atoms with van der Waals surface area (Å²) in [5.74, 6) is 0. The van der Waals surface area contributed by atoms with Gasteiger partial charge in [0, 0.05) is 10.3 Å². The Morgan fingerprint density at radius 2 is 1.79 bits per heavy atom. The van der Waals surface area contributed by atoms with Gasteiger partial charge in [-0.15, -0.1) is 11.3 Å². The van der Waals surface area contributed by atoms with E-state index in [0.717, 1.165) is 11.1 Å². The fourth-order valence-corrected chi connectivity index (χ4v) is 3.57. The average molecular weight is 268 g/mol. The molecule has 0 saturated heterocycles. The molecule has 96 valence electrons. The van der Waals surface area contributed by atoms with Gasteiger partial charge in [0.05, 0.1) is 0 Å². The molecule has 0 radical (unpaired) electrons. The molecule has 1 atom stereocenters. The van der Waals surface area contributed by atoms with Gasteiger partial charge in [0.2, 0.25) is 0 Å². The second-order valence-corrected chi connectivity index (χ2v) is 5.64. The van der Waals surface area contributed by atoms with Gasteiger partial charge in [0.15, 0.2) is 0 Å². The lowest BCUT2D eigenvalue weighted by atomic mass is 9.84. The molecule has 2 aromatic carbocycles. The standard InChI is InChI=1S/C17H16OS/c1-2-17(18,14-8-4-3-5-9-14)15-10-6-7-13-11-12-19-16(13)15/h3-12,18H,2H2,1H3. The highest BCUT2D eigenvalue weighted by molar-refractivity contribution is 7.17. The molecule has 3 rings (SSSR count). The number of fused-ring (bicyclic) bond motifs is 1. The first-order valence-electron chi connectivity index (χ1n) is 6.50. The van der Waals surface area contributed by atoms with Gasteiger partial charge in [-0.25, -0.2) is 0 Å². The van der Waals surface area contributed by atoms with E-state index in [1.165, 1.54) is 10.1 Å². The van der Waals surface area contributed by atoms with E-state index >= 15 is 0 Å². The van der Waals surface area contributed by atoms with Gasteiger partial charge in [0.1, 0.15) is 5.60 Å². The van der Waals surface area contributed by atoms with Crippen molar-refractivity contribution in [3.05, 3.63) is 71.1 Å². The van der Waals surface area contributed by atoms with Gasteiger partial charge < -0.3 is 5.11 Å².